The van der Waals surface area contributed by atoms with Gasteiger partial charge in [0.15, 0.2) is 0 Å². The minimum atomic E-state index is -0.0962. The number of carbonyl (C=O) groups excluding carboxylic acids is 2. The van der Waals surface area contributed by atoms with E-state index in [4.69, 9.17) is 0 Å². The highest BCUT2D eigenvalue weighted by Gasteiger charge is 2.39. The highest BCUT2D eigenvalue weighted by atomic mass is 16.2. The topological polar surface area (TPSA) is 90.5 Å². The molecule has 3 unspecified atom stereocenters. The summed E-state index contributed by atoms with van der Waals surface area (Å²) < 4.78 is 0. The van der Waals surface area contributed by atoms with Gasteiger partial charge < -0.3 is 5.32 Å². The van der Waals surface area contributed by atoms with Gasteiger partial charge in [0.25, 0.3) is 5.91 Å². The molecule has 0 spiro atoms. The Morgan fingerprint density at radius 1 is 1.26 bits per heavy atom. The van der Waals surface area contributed by atoms with Gasteiger partial charge in [0.2, 0.25) is 6.41 Å². The number of piperidine rings is 1. The van der Waals surface area contributed by atoms with E-state index in [1.54, 1.807) is 42.9 Å². The van der Waals surface area contributed by atoms with E-state index in [0.29, 0.717) is 35.1 Å². The molecule has 0 saturated carbocycles. The minimum Gasteiger partial charge on any atom is -0.349 e. The Morgan fingerprint density at radius 3 is 2.49 bits per heavy atom. The van der Waals surface area contributed by atoms with Crippen molar-refractivity contribution in [1.29, 1.82) is 0 Å². The predicted molar refractivity (Wildman–Crippen MR) is 142 cm³/mol. The molecule has 8 nitrogen and oxygen atoms in total. The number of allylic oxidation sites excluding steroid dienone is 1. The lowest BCUT2D eigenvalue weighted by Gasteiger charge is -2.49. The van der Waals surface area contributed by atoms with Crippen LogP contribution in [0.5, 0.6) is 0 Å². The number of rotatable bonds is 8. The van der Waals surface area contributed by atoms with E-state index in [-0.39, 0.29) is 17.5 Å². The molecule has 8 heteroatoms. The summed E-state index contributed by atoms with van der Waals surface area (Å²) in [7, 11) is 2.17. The molecule has 1 aliphatic rings. The van der Waals surface area contributed by atoms with Crippen molar-refractivity contribution in [2.75, 3.05) is 12.1 Å². The van der Waals surface area contributed by atoms with E-state index in [1.807, 2.05) is 26.8 Å². The molecule has 0 bridgehead atoms. The molecule has 190 valence electrons. The van der Waals surface area contributed by atoms with Crippen LogP contribution in [-0.4, -0.2) is 51.9 Å². The number of benzene rings is 1. The number of anilines is 1. The number of nitrogens with one attached hydrogen (secondary N) is 2. The summed E-state index contributed by atoms with van der Waals surface area (Å²) in [6, 6.07) is 7.49. The van der Waals surface area contributed by atoms with Gasteiger partial charge in [-0.15, -0.1) is 0 Å². The van der Waals surface area contributed by atoms with Gasteiger partial charge >= 0.3 is 0 Å². The van der Waals surface area contributed by atoms with Gasteiger partial charge in [-0.2, -0.15) is 0 Å². The summed E-state index contributed by atoms with van der Waals surface area (Å²) in [4.78, 5) is 35.4. The van der Waals surface area contributed by atoms with Crippen LogP contribution in [0, 0.1) is 0 Å². The van der Waals surface area contributed by atoms with E-state index in [0.717, 1.165) is 19.3 Å². The number of hydrogen-bond acceptors (Lipinski definition) is 6. The molecule has 1 saturated heterocycles. The summed E-state index contributed by atoms with van der Waals surface area (Å²) in [6.45, 7) is 12.5. The Labute approximate surface area is 209 Å². The van der Waals surface area contributed by atoms with Crippen molar-refractivity contribution in [3.05, 3.63) is 60.2 Å². The van der Waals surface area contributed by atoms with Crippen LogP contribution in [0.3, 0.4) is 0 Å². The molecule has 1 aromatic heterocycles. The third-order valence-corrected chi connectivity index (χ3v) is 6.80. The SMILES string of the molecule is C/C=C(\NN(C=O)c1ccc(C(=O)NC2CC(C)N(C)C(C)(CC)C2)cc1)c1cnccn1.CC. The van der Waals surface area contributed by atoms with Crippen LogP contribution in [-0.2, 0) is 4.79 Å². The lowest BCUT2D eigenvalue weighted by Crippen LogP contribution is -2.58. The fourth-order valence-electron chi connectivity index (χ4n) is 4.40. The second-order valence-electron chi connectivity index (χ2n) is 8.85. The van der Waals surface area contributed by atoms with Crippen LogP contribution in [0.2, 0.25) is 0 Å². The summed E-state index contributed by atoms with van der Waals surface area (Å²) in [5.74, 6) is -0.0962. The zero-order valence-corrected chi connectivity index (χ0v) is 22.1. The first kappa shape index (κ1) is 28.0. The molecule has 0 radical (unpaired) electrons. The number of likely N-dealkylation sites (tertiary alicyclic amines) is 1. The zero-order chi connectivity index (χ0) is 26.0. The molecule has 1 aliphatic heterocycles. The Hall–Kier alpha value is -3.26. The lowest BCUT2D eigenvalue weighted by molar-refractivity contribution is -0.107. The molecule has 3 atom stereocenters. The Morgan fingerprint density at radius 2 is 1.94 bits per heavy atom. The second-order valence-corrected chi connectivity index (χ2v) is 8.85. The minimum absolute atomic E-state index is 0.0727. The molecule has 3 rings (SSSR count). The van der Waals surface area contributed by atoms with Crippen molar-refractivity contribution in [2.45, 2.75) is 78.4 Å². The van der Waals surface area contributed by atoms with Gasteiger partial charge in [0.05, 0.1) is 17.6 Å². The third kappa shape index (κ3) is 6.88. The number of carbonyl (C=O) groups is 2. The first-order valence-corrected chi connectivity index (χ1v) is 12.4. The molecular weight excluding hydrogens is 440 g/mol. The zero-order valence-electron chi connectivity index (χ0n) is 22.1. The standard InChI is InChI=1S/C25H34N6O2.C2H6/c1-6-22(23-16-26-12-13-27-23)29-31(17-32)21-10-8-19(9-11-21)24(33)28-20-14-18(3)30(5)25(4,7-2)15-20;1-2/h6,8-13,16-18,20,29H,7,14-15H2,1-5H3,(H,28,33);1-2H3/b22-6-;. The quantitative estimate of drug-likeness (QED) is 0.430. The molecule has 1 fully saturated rings. The average Bonchev–Trinajstić information content (AvgIpc) is 2.90. The van der Waals surface area contributed by atoms with Gasteiger partial charge in [0, 0.05) is 35.6 Å². The molecule has 1 aromatic carbocycles. The van der Waals surface area contributed by atoms with Crippen molar-refractivity contribution in [3.63, 3.8) is 0 Å². The van der Waals surface area contributed by atoms with Crippen LogP contribution >= 0.6 is 0 Å². The van der Waals surface area contributed by atoms with Crippen LogP contribution in [0.25, 0.3) is 5.70 Å². The Bertz CT molecular complexity index is 979. The van der Waals surface area contributed by atoms with Gasteiger partial charge in [-0.05, 0) is 71.3 Å². The van der Waals surface area contributed by atoms with Crippen LogP contribution < -0.4 is 15.8 Å². The smallest absolute Gasteiger partial charge is 0.251 e. The fraction of sp³-hybridized carbons (Fsp3) is 0.481. The molecule has 35 heavy (non-hydrogen) atoms. The fourth-order valence-corrected chi connectivity index (χ4v) is 4.40. The van der Waals surface area contributed by atoms with E-state index >= 15 is 0 Å². The van der Waals surface area contributed by atoms with E-state index < -0.39 is 0 Å². The largest absolute Gasteiger partial charge is 0.349 e. The van der Waals surface area contributed by atoms with E-state index in [9.17, 15) is 9.59 Å². The molecule has 2 N–H and O–H groups in total. The second kappa shape index (κ2) is 13.0. The molecule has 2 amide bonds. The number of hydrogen-bond donors (Lipinski definition) is 2. The summed E-state index contributed by atoms with van der Waals surface area (Å²) in [6.07, 6.45) is 10.2. The highest BCUT2D eigenvalue weighted by Crippen LogP contribution is 2.33. The van der Waals surface area contributed by atoms with Gasteiger partial charge in [-0.3, -0.25) is 29.9 Å². The Balaban J connectivity index is 0.00000210. The normalized spacial score (nSPS) is 22.4. The number of amides is 2. The maximum absolute atomic E-state index is 12.9. The molecule has 0 aliphatic carbocycles. The van der Waals surface area contributed by atoms with Gasteiger partial charge in [-0.25, -0.2) is 5.01 Å². The number of hydrazine groups is 1. The van der Waals surface area contributed by atoms with Crippen LogP contribution in [0.1, 0.15) is 76.9 Å². The summed E-state index contributed by atoms with van der Waals surface area (Å²) >= 11 is 0. The number of aromatic nitrogens is 2. The maximum Gasteiger partial charge on any atom is 0.251 e. The molecule has 2 aromatic rings. The average molecular weight is 481 g/mol. The Kier molecular flexibility index (Phi) is 10.4. The third-order valence-electron chi connectivity index (χ3n) is 6.80. The van der Waals surface area contributed by atoms with Crippen molar-refractivity contribution in [2.24, 2.45) is 0 Å². The van der Waals surface area contributed by atoms with Crippen molar-refractivity contribution in [3.8, 4) is 0 Å². The van der Waals surface area contributed by atoms with Gasteiger partial charge in [-0.1, -0.05) is 26.8 Å². The summed E-state index contributed by atoms with van der Waals surface area (Å²) in [5, 5.41) is 4.56. The first-order chi connectivity index (χ1) is 16.8. The highest BCUT2D eigenvalue weighted by molar-refractivity contribution is 5.95. The first-order valence-electron chi connectivity index (χ1n) is 12.4. The molecule has 2 heterocycles. The monoisotopic (exact) mass is 480 g/mol. The summed E-state index contributed by atoms with van der Waals surface area (Å²) in [5.41, 5.74) is 5.55. The lowest BCUT2D eigenvalue weighted by atomic mass is 9.80. The van der Waals surface area contributed by atoms with Crippen LogP contribution in [0.15, 0.2) is 48.9 Å². The van der Waals surface area contributed by atoms with E-state index in [1.165, 1.54) is 5.01 Å². The predicted octanol–water partition coefficient (Wildman–Crippen LogP) is 4.41. The van der Waals surface area contributed by atoms with Gasteiger partial charge in [0.1, 0.15) is 5.69 Å². The van der Waals surface area contributed by atoms with Crippen LogP contribution in [0.4, 0.5) is 5.69 Å². The van der Waals surface area contributed by atoms with Crippen molar-refractivity contribution >= 4 is 23.7 Å². The van der Waals surface area contributed by atoms with Crippen molar-refractivity contribution < 1.29 is 9.59 Å². The number of nitrogens with zero attached hydrogens (tertiary/aromatic N) is 4. The van der Waals surface area contributed by atoms with E-state index in [2.05, 4.69) is 53.4 Å². The molecular formula is C27H40N6O2. The maximum atomic E-state index is 12.9. The van der Waals surface area contributed by atoms with Crippen molar-refractivity contribution in [1.82, 2.24) is 25.6 Å².